The van der Waals surface area contributed by atoms with Gasteiger partial charge in [0.05, 0.1) is 16.2 Å². The molecule has 0 saturated carbocycles. The zero-order valence-corrected chi connectivity index (χ0v) is 15.8. The smallest absolute Gasteiger partial charge is 0.341 e. The molecule has 0 bridgehead atoms. The van der Waals surface area contributed by atoms with Crippen LogP contribution in [0.4, 0.5) is 11.4 Å². The van der Waals surface area contributed by atoms with Gasteiger partial charge >= 0.3 is 5.97 Å². The monoisotopic (exact) mass is 385 g/mol. The maximum Gasteiger partial charge on any atom is 0.341 e. The summed E-state index contributed by atoms with van der Waals surface area (Å²) in [4.78, 5) is 34.6. The average molecular weight is 385 g/mol. The van der Waals surface area contributed by atoms with E-state index in [0.29, 0.717) is 6.54 Å². The molecule has 0 heterocycles. The number of amides is 1. The molecular weight excluding hydrogens is 362 g/mol. The normalized spacial score (nSPS) is 12.6. The number of nitrogens with zero attached hydrogens (tertiary/aromatic N) is 1. The Morgan fingerprint density at radius 1 is 1.21 bits per heavy atom. The van der Waals surface area contributed by atoms with E-state index < -0.39 is 22.9 Å². The molecule has 8 heteroatoms. The summed E-state index contributed by atoms with van der Waals surface area (Å²) < 4.78 is 5.15. The first-order valence-electron chi connectivity index (χ1n) is 8.91. The molecule has 0 aliphatic rings. The number of nitro benzene ring substituents is 1. The Morgan fingerprint density at radius 3 is 2.46 bits per heavy atom. The van der Waals surface area contributed by atoms with Gasteiger partial charge in [-0.1, -0.05) is 37.3 Å². The number of carbonyl (C=O) groups excluding carboxylic acids is 2. The van der Waals surface area contributed by atoms with Gasteiger partial charge in [-0.3, -0.25) is 14.9 Å². The number of anilines is 1. The lowest BCUT2D eigenvalue weighted by molar-refractivity contribution is -0.384. The molecular formula is C20H23N3O5. The van der Waals surface area contributed by atoms with Crippen molar-refractivity contribution in [1.82, 2.24) is 5.32 Å². The van der Waals surface area contributed by atoms with E-state index in [-0.39, 0.29) is 22.9 Å². The molecule has 2 rings (SSSR count). The number of esters is 1. The van der Waals surface area contributed by atoms with Crippen molar-refractivity contribution in [3.8, 4) is 0 Å². The molecule has 0 saturated heterocycles. The molecule has 0 aromatic heterocycles. The van der Waals surface area contributed by atoms with E-state index in [0.717, 1.165) is 24.1 Å². The number of nitrogens with two attached hydrogens (primary N) is 1. The predicted molar refractivity (Wildman–Crippen MR) is 105 cm³/mol. The number of rotatable bonds is 8. The summed E-state index contributed by atoms with van der Waals surface area (Å²) in [5, 5.41) is 13.5. The van der Waals surface area contributed by atoms with Crippen LogP contribution < -0.4 is 11.1 Å². The second-order valence-electron chi connectivity index (χ2n) is 6.34. The molecule has 0 radical (unpaired) electrons. The molecule has 1 amide bonds. The molecule has 0 unspecified atom stereocenters. The second-order valence-corrected chi connectivity index (χ2v) is 6.34. The van der Waals surface area contributed by atoms with Gasteiger partial charge in [0.1, 0.15) is 0 Å². The molecule has 3 N–H and O–H groups in total. The number of ether oxygens (including phenoxy) is 1. The quantitative estimate of drug-likeness (QED) is 0.311. The van der Waals surface area contributed by atoms with Crippen molar-refractivity contribution in [3.63, 3.8) is 0 Å². The van der Waals surface area contributed by atoms with Crippen molar-refractivity contribution in [2.45, 2.75) is 32.3 Å². The minimum atomic E-state index is -1.03. The van der Waals surface area contributed by atoms with E-state index in [1.54, 1.807) is 0 Å². The van der Waals surface area contributed by atoms with E-state index in [4.69, 9.17) is 10.5 Å². The number of benzene rings is 2. The zero-order chi connectivity index (χ0) is 20.7. The summed E-state index contributed by atoms with van der Waals surface area (Å²) in [7, 11) is 0. The molecule has 8 nitrogen and oxygen atoms in total. The fourth-order valence-corrected chi connectivity index (χ4v) is 2.72. The van der Waals surface area contributed by atoms with Crippen LogP contribution in [0.3, 0.4) is 0 Å². The van der Waals surface area contributed by atoms with Crippen LogP contribution >= 0.6 is 0 Å². The van der Waals surface area contributed by atoms with Crippen molar-refractivity contribution >= 4 is 23.3 Å². The third-order valence-corrected chi connectivity index (χ3v) is 4.41. The maximum absolute atomic E-state index is 12.3. The van der Waals surface area contributed by atoms with Gasteiger partial charge in [-0.05, 0) is 25.0 Å². The Morgan fingerprint density at radius 2 is 1.89 bits per heavy atom. The molecule has 28 heavy (non-hydrogen) atoms. The van der Waals surface area contributed by atoms with Gasteiger partial charge in [0.2, 0.25) is 0 Å². The summed E-state index contributed by atoms with van der Waals surface area (Å²) in [5.74, 6) is -1.09. The first-order valence-corrected chi connectivity index (χ1v) is 8.91. The minimum Gasteiger partial charge on any atom is -0.449 e. The van der Waals surface area contributed by atoms with E-state index in [1.807, 2.05) is 37.3 Å². The van der Waals surface area contributed by atoms with E-state index in [1.165, 1.54) is 13.0 Å². The van der Waals surface area contributed by atoms with E-state index in [2.05, 4.69) is 5.32 Å². The van der Waals surface area contributed by atoms with Crippen LogP contribution in [-0.4, -0.2) is 29.4 Å². The number of nitrogens with one attached hydrogen (secondary N) is 1. The first kappa shape index (κ1) is 20.9. The van der Waals surface area contributed by atoms with Crippen molar-refractivity contribution in [2.75, 3.05) is 12.3 Å². The molecule has 0 aliphatic heterocycles. The third-order valence-electron chi connectivity index (χ3n) is 4.41. The van der Waals surface area contributed by atoms with Gasteiger partial charge in [-0.25, -0.2) is 4.79 Å². The number of non-ortho nitro benzene ring substituents is 1. The van der Waals surface area contributed by atoms with Crippen molar-refractivity contribution in [2.24, 2.45) is 0 Å². The lowest BCUT2D eigenvalue weighted by atomic mass is 9.96. The Balaban J connectivity index is 1.94. The molecule has 2 aromatic carbocycles. The molecule has 148 valence electrons. The summed E-state index contributed by atoms with van der Waals surface area (Å²) in [6, 6.07) is 13.3. The SMILES string of the molecule is CC[C@@H](CNC(=O)[C@@H](C)OC(=O)c1ccc([N+](=O)[O-])cc1N)c1ccccc1. The zero-order valence-electron chi connectivity index (χ0n) is 15.8. The van der Waals surface area contributed by atoms with Gasteiger partial charge < -0.3 is 15.8 Å². The Hall–Kier alpha value is -3.42. The van der Waals surface area contributed by atoms with Gasteiger partial charge in [0.25, 0.3) is 11.6 Å². The molecule has 2 aromatic rings. The lowest BCUT2D eigenvalue weighted by Gasteiger charge is -2.18. The van der Waals surface area contributed by atoms with Crippen LogP contribution in [-0.2, 0) is 9.53 Å². The Kier molecular flexibility index (Phi) is 7.08. The summed E-state index contributed by atoms with van der Waals surface area (Å²) in [5.41, 5.74) is 6.47. The predicted octanol–water partition coefficient (Wildman–Crippen LogP) is 3.03. The number of hydrogen-bond acceptors (Lipinski definition) is 6. The molecule has 2 atom stereocenters. The highest BCUT2D eigenvalue weighted by Gasteiger charge is 2.22. The fraction of sp³-hybridized carbons (Fsp3) is 0.300. The molecule has 0 spiro atoms. The fourth-order valence-electron chi connectivity index (χ4n) is 2.72. The summed E-state index contributed by atoms with van der Waals surface area (Å²) in [6.07, 6.45) is -0.187. The van der Waals surface area contributed by atoms with Crippen LogP contribution in [0.1, 0.15) is 42.1 Å². The maximum atomic E-state index is 12.3. The second kappa shape index (κ2) is 9.50. The topological polar surface area (TPSA) is 125 Å². The van der Waals surface area contributed by atoms with Crippen LogP contribution in [0.5, 0.6) is 0 Å². The lowest BCUT2D eigenvalue weighted by Crippen LogP contribution is -2.38. The Labute approximate surface area is 162 Å². The van der Waals surface area contributed by atoms with Gasteiger partial charge in [0, 0.05) is 24.6 Å². The van der Waals surface area contributed by atoms with Crippen LogP contribution in [0, 0.1) is 10.1 Å². The van der Waals surface area contributed by atoms with Crippen molar-refractivity contribution in [1.29, 1.82) is 0 Å². The van der Waals surface area contributed by atoms with E-state index in [9.17, 15) is 19.7 Å². The molecule has 0 fully saturated rings. The largest absolute Gasteiger partial charge is 0.449 e. The first-order chi connectivity index (χ1) is 13.3. The highest BCUT2D eigenvalue weighted by Crippen LogP contribution is 2.21. The van der Waals surface area contributed by atoms with Crippen molar-refractivity contribution < 1.29 is 19.2 Å². The van der Waals surface area contributed by atoms with E-state index >= 15 is 0 Å². The third kappa shape index (κ3) is 5.29. The number of hydrogen-bond donors (Lipinski definition) is 2. The number of carbonyl (C=O) groups is 2. The minimum absolute atomic E-state index is 0.0269. The van der Waals surface area contributed by atoms with Gasteiger partial charge in [-0.2, -0.15) is 0 Å². The van der Waals surface area contributed by atoms with Crippen LogP contribution in [0.15, 0.2) is 48.5 Å². The number of nitrogen functional groups attached to an aromatic ring is 1. The highest BCUT2D eigenvalue weighted by molar-refractivity contribution is 5.97. The van der Waals surface area contributed by atoms with Crippen molar-refractivity contribution in [3.05, 3.63) is 69.8 Å². The van der Waals surface area contributed by atoms with Crippen LogP contribution in [0.2, 0.25) is 0 Å². The van der Waals surface area contributed by atoms with Crippen LogP contribution in [0.25, 0.3) is 0 Å². The number of nitro groups is 1. The van der Waals surface area contributed by atoms with Gasteiger partial charge in [-0.15, -0.1) is 0 Å². The summed E-state index contributed by atoms with van der Waals surface area (Å²) >= 11 is 0. The Bertz CT molecular complexity index is 854. The highest BCUT2D eigenvalue weighted by atomic mass is 16.6. The molecule has 0 aliphatic carbocycles. The van der Waals surface area contributed by atoms with Gasteiger partial charge in [0.15, 0.2) is 6.10 Å². The average Bonchev–Trinajstić information content (AvgIpc) is 2.68. The summed E-state index contributed by atoms with van der Waals surface area (Å²) in [6.45, 7) is 3.91. The standard InChI is InChI=1S/C20H23N3O5/c1-3-14(15-7-5-4-6-8-15)12-22-19(24)13(2)28-20(25)17-10-9-16(23(26)27)11-18(17)21/h4-11,13-14H,3,12,21H2,1-2H3,(H,22,24)/t13-,14+/m1/s1.